The molecule has 0 aromatic rings. The fraction of sp³-hybridized carbons (Fsp3) is 1.00. The predicted molar refractivity (Wildman–Crippen MR) is 83.4 cm³/mol. The summed E-state index contributed by atoms with van der Waals surface area (Å²) in [4.78, 5) is 0. The minimum Gasteiger partial charge on any atom is -0.385 e. The van der Waals surface area contributed by atoms with Crippen LogP contribution < -0.4 is 5.32 Å². The van der Waals surface area contributed by atoms with Gasteiger partial charge in [0, 0.05) is 13.7 Å². The highest BCUT2D eigenvalue weighted by Crippen LogP contribution is 2.39. The van der Waals surface area contributed by atoms with E-state index in [1.807, 2.05) is 7.11 Å². The number of rotatable bonds is 9. The van der Waals surface area contributed by atoms with Gasteiger partial charge >= 0.3 is 0 Å². The van der Waals surface area contributed by atoms with E-state index in [2.05, 4.69) is 26.1 Å². The number of methoxy groups -OCH3 is 1. The zero-order chi connectivity index (χ0) is 14.1. The standard InChI is InChI=1S/C17H35NO/c1-5-10-18-13-17-9-8-15(14(2)3)12-16(17)7-6-11-19-4/h14-18H,5-13H2,1-4H3. The summed E-state index contributed by atoms with van der Waals surface area (Å²) in [5.74, 6) is 3.63. The minimum absolute atomic E-state index is 0.856. The molecule has 0 radical (unpaired) electrons. The molecule has 114 valence electrons. The third-order valence-corrected chi connectivity index (χ3v) is 4.88. The molecule has 0 saturated heterocycles. The van der Waals surface area contributed by atoms with Crippen molar-refractivity contribution in [3.63, 3.8) is 0 Å². The molecule has 0 heterocycles. The number of nitrogens with one attached hydrogen (secondary N) is 1. The van der Waals surface area contributed by atoms with Crippen molar-refractivity contribution in [3.05, 3.63) is 0 Å². The Labute approximate surface area is 120 Å². The Balaban J connectivity index is 2.42. The molecule has 0 aliphatic heterocycles. The molecule has 0 aromatic carbocycles. The van der Waals surface area contributed by atoms with Gasteiger partial charge in [-0.25, -0.2) is 0 Å². The monoisotopic (exact) mass is 269 g/mol. The summed E-state index contributed by atoms with van der Waals surface area (Å²) in [6.45, 7) is 10.4. The summed E-state index contributed by atoms with van der Waals surface area (Å²) in [5.41, 5.74) is 0. The fourth-order valence-electron chi connectivity index (χ4n) is 3.54. The number of hydrogen-bond acceptors (Lipinski definition) is 2. The smallest absolute Gasteiger partial charge is 0.0462 e. The lowest BCUT2D eigenvalue weighted by atomic mass is 9.69. The molecule has 3 atom stereocenters. The quantitative estimate of drug-likeness (QED) is 0.636. The van der Waals surface area contributed by atoms with Gasteiger partial charge in [-0.05, 0) is 75.3 Å². The third-order valence-electron chi connectivity index (χ3n) is 4.88. The second-order valence-electron chi connectivity index (χ2n) is 6.68. The van der Waals surface area contributed by atoms with Gasteiger partial charge in [-0.3, -0.25) is 0 Å². The van der Waals surface area contributed by atoms with Crippen molar-refractivity contribution in [2.75, 3.05) is 26.8 Å². The van der Waals surface area contributed by atoms with Crippen LogP contribution in [0.2, 0.25) is 0 Å². The summed E-state index contributed by atoms with van der Waals surface area (Å²) < 4.78 is 5.23. The molecule has 1 rings (SSSR count). The van der Waals surface area contributed by atoms with Crippen molar-refractivity contribution in [3.8, 4) is 0 Å². The Bertz CT molecular complexity index is 217. The summed E-state index contributed by atoms with van der Waals surface area (Å²) >= 11 is 0. The Morgan fingerprint density at radius 2 is 2.00 bits per heavy atom. The van der Waals surface area contributed by atoms with Crippen molar-refractivity contribution in [1.29, 1.82) is 0 Å². The molecular weight excluding hydrogens is 234 g/mol. The highest BCUT2D eigenvalue weighted by molar-refractivity contribution is 4.82. The number of hydrogen-bond donors (Lipinski definition) is 1. The van der Waals surface area contributed by atoms with Crippen LogP contribution in [0.25, 0.3) is 0 Å². The average molecular weight is 269 g/mol. The molecule has 1 fully saturated rings. The molecule has 1 saturated carbocycles. The highest BCUT2D eigenvalue weighted by Gasteiger charge is 2.30. The van der Waals surface area contributed by atoms with E-state index in [9.17, 15) is 0 Å². The summed E-state index contributed by atoms with van der Waals surface area (Å²) in [6.07, 6.45) is 8.15. The molecule has 1 N–H and O–H groups in total. The van der Waals surface area contributed by atoms with Gasteiger partial charge in [-0.1, -0.05) is 20.8 Å². The Kier molecular flexibility index (Phi) is 8.72. The molecule has 2 nitrogen and oxygen atoms in total. The lowest BCUT2D eigenvalue weighted by Gasteiger charge is -2.38. The second-order valence-corrected chi connectivity index (χ2v) is 6.68. The maximum atomic E-state index is 5.23. The lowest BCUT2D eigenvalue weighted by Crippen LogP contribution is -2.34. The molecular formula is C17H35NO. The Hall–Kier alpha value is -0.0800. The largest absolute Gasteiger partial charge is 0.385 e. The van der Waals surface area contributed by atoms with E-state index < -0.39 is 0 Å². The first-order chi connectivity index (χ1) is 9.19. The molecule has 1 aliphatic carbocycles. The van der Waals surface area contributed by atoms with E-state index in [-0.39, 0.29) is 0 Å². The van der Waals surface area contributed by atoms with Crippen LogP contribution in [0.15, 0.2) is 0 Å². The average Bonchev–Trinajstić information content (AvgIpc) is 2.40. The van der Waals surface area contributed by atoms with Gasteiger partial charge in [0.05, 0.1) is 0 Å². The predicted octanol–water partition coefficient (Wildman–Crippen LogP) is 4.10. The molecule has 0 aromatic heterocycles. The molecule has 0 amide bonds. The van der Waals surface area contributed by atoms with Gasteiger partial charge in [0.2, 0.25) is 0 Å². The first-order valence-corrected chi connectivity index (χ1v) is 8.38. The SMILES string of the molecule is CCCNCC1CCC(C(C)C)CC1CCCOC. The topological polar surface area (TPSA) is 21.3 Å². The molecule has 19 heavy (non-hydrogen) atoms. The maximum absolute atomic E-state index is 5.23. The van der Waals surface area contributed by atoms with Crippen molar-refractivity contribution in [2.24, 2.45) is 23.7 Å². The first kappa shape index (κ1) is 17.0. The van der Waals surface area contributed by atoms with Gasteiger partial charge in [-0.15, -0.1) is 0 Å². The van der Waals surface area contributed by atoms with Crippen molar-refractivity contribution < 1.29 is 4.74 Å². The van der Waals surface area contributed by atoms with Gasteiger partial charge in [0.25, 0.3) is 0 Å². The summed E-state index contributed by atoms with van der Waals surface area (Å²) in [5, 5.41) is 3.64. The van der Waals surface area contributed by atoms with Crippen LogP contribution >= 0.6 is 0 Å². The van der Waals surface area contributed by atoms with Crippen LogP contribution in [0.5, 0.6) is 0 Å². The van der Waals surface area contributed by atoms with Gasteiger partial charge < -0.3 is 10.1 Å². The Morgan fingerprint density at radius 1 is 1.21 bits per heavy atom. The van der Waals surface area contributed by atoms with E-state index in [1.165, 1.54) is 51.6 Å². The molecule has 0 bridgehead atoms. The van der Waals surface area contributed by atoms with E-state index >= 15 is 0 Å². The third kappa shape index (κ3) is 6.27. The van der Waals surface area contributed by atoms with Crippen molar-refractivity contribution >= 4 is 0 Å². The van der Waals surface area contributed by atoms with Crippen LogP contribution in [0, 0.1) is 23.7 Å². The van der Waals surface area contributed by atoms with Gasteiger partial charge in [0.1, 0.15) is 0 Å². The van der Waals surface area contributed by atoms with Crippen LogP contribution in [-0.2, 0) is 4.74 Å². The van der Waals surface area contributed by atoms with Crippen molar-refractivity contribution in [2.45, 2.75) is 59.3 Å². The zero-order valence-electron chi connectivity index (χ0n) is 13.6. The summed E-state index contributed by atoms with van der Waals surface area (Å²) in [6, 6.07) is 0. The van der Waals surface area contributed by atoms with E-state index in [0.717, 1.165) is 30.3 Å². The maximum Gasteiger partial charge on any atom is 0.0462 e. The number of ether oxygens (including phenoxy) is 1. The van der Waals surface area contributed by atoms with Crippen molar-refractivity contribution in [1.82, 2.24) is 5.32 Å². The van der Waals surface area contributed by atoms with E-state index in [1.54, 1.807) is 0 Å². The van der Waals surface area contributed by atoms with Gasteiger partial charge in [-0.2, -0.15) is 0 Å². The normalized spacial score (nSPS) is 27.9. The van der Waals surface area contributed by atoms with E-state index in [0.29, 0.717) is 0 Å². The molecule has 2 heteroatoms. The molecule has 0 spiro atoms. The first-order valence-electron chi connectivity index (χ1n) is 8.38. The Morgan fingerprint density at radius 3 is 2.63 bits per heavy atom. The second kappa shape index (κ2) is 9.77. The van der Waals surface area contributed by atoms with Crippen LogP contribution in [0.1, 0.15) is 59.3 Å². The van der Waals surface area contributed by atoms with E-state index in [4.69, 9.17) is 4.74 Å². The fourth-order valence-corrected chi connectivity index (χ4v) is 3.54. The van der Waals surface area contributed by atoms with Crippen LogP contribution in [-0.4, -0.2) is 26.8 Å². The molecule has 1 aliphatic rings. The summed E-state index contributed by atoms with van der Waals surface area (Å²) in [7, 11) is 1.82. The lowest BCUT2D eigenvalue weighted by molar-refractivity contribution is 0.121. The van der Waals surface area contributed by atoms with Crippen LogP contribution in [0.3, 0.4) is 0 Å². The highest BCUT2D eigenvalue weighted by atomic mass is 16.5. The molecule has 3 unspecified atom stereocenters. The zero-order valence-corrected chi connectivity index (χ0v) is 13.6. The van der Waals surface area contributed by atoms with Gasteiger partial charge in [0.15, 0.2) is 0 Å². The van der Waals surface area contributed by atoms with Crippen LogP contribution in [0.4, 0.5) is 0 Å². The minimum atomic E-state index is 0.856.